The van der Waals surface area contributed by atoms with E-state index in [9.17, 15) is 5.11 Å². The number of ether oxygens (including phenoxy) is 1. The van der Waals surface area contributed by atoms with E-state index < -0.39 is 6.10 Å². The van der Waals surface area contributed by atoms with Gasteiger partial charge in [-0.3, -0.25) is 0 Å². The van der Waals surface area contributed by atoms with E-state index >= 15 is 0 Å². The van der Waals surface area contributed by atoms with E-state index in [1.165, 1.54) is 0 Å². The molecule has 2 aromatic carbocycles. The van der Waals surface area contributed by atoms with Gasteiger partial charge in [-0.15, -0.1) is 0 Å². The van der Waals surface area contributed by atoms with E-state index in [1.807, 2.05) is 36.4 Å². The summed E-state index contributed by atoms with van der Waals surface area (Å²) in [6.45, 7) is 4.13. The molecule has 1 N–H and O–H groups in total. The molecule has 2 unspecified atom stereocenters. The highest BCUT2D eigenvalue weighted by Gasteiger charge is 2.19. The second kappa shape index (κ2) is 7.84. The summed E-state index contributed by atoms with van der Waals surface area (Å²) in [4.78, 5) is 0. The third-order valence-electron chi connectivity index (χ3n) is 3.67. The third-order valence-corrected chi connectivity index (χ3v) is 3.67. The van der Waals surface area contributed by atoms with Crippen molar-refractivity contribution in [3.63, 3.8) is 0 Å². The second-order valence-electron chi connectivity index (χ2n) is 5.28. The van der Waals surface area contributed by atoms with Gasteiger partial charge in [0, 0.05) is 5.56 Å². The van der Waals surface area contributed by atoms with Gasteiger partial charge in [0.25, 0.3) is 0 Å². The molecule has 2 rings (SSSR count). The summed E-state index contributed by atoms with van der Waals surface area (Å²) in [6, 6.07) is 18.2. The molecule has 0 radical (unpaired) electrons. The maximum absolute atomic E-state index is 10.2. The number of rotatable bonds is 7. The smallest absolute Gasteiger partial charge is 0.127 e. The first-order valence-electron chi connectivity index (χ1n) is 7.75. The highest BCUT2D eigenvalue weighted by molar-refractivity contribution is 5.70. The molecule has 0 spiro atoms. The Morgan fingerprint density at radius 1 is 0.952 bits per heavy atom. The van der Waals surface area contributed by atoms with E-state index in [0.717, 1.165) is 36.1 Å². The summed E-state index contributed by atoms with van der Waals surface area (Å²) in [7, 11) is 0. The van der Waals surface area contributed by atoms with Gasteiger partial charge >= 0.3 is 0 Å². The van der Waals surface area contributed by atoms with Gasteiger partial charge in [0.2, 0.25) is 0 Å². The summed E-state index contributed by atoms with van der Waals surface area (Å²) >= 11 is 0. The third kappa shape index (κ3) is 4.08. The zero-order chi connectivity index (χ0) is 15.1. The van der Waals surface area contributed by atoms with Crippen molar-refractivity contribution < 1.29 is 9.84 Å². The lowest BCUT2D eigenvalue weighted by atomic mass is 10.0. The summed E-state index contributed by atoms with van der Waals surface area (Å²) in [5.41, 5.74) is 2.20. The quantitative estimate of drug-likeness (QED) is 0.800. The Kier molecular flexibility index (Phi) is 5.82. The van der Waals surface area contributed by atoms with Gasteiger partial charge in [0.05, 0.1) is 6.10 Å². The second-order valence-corrected chi connectivity index (χ2v) is 5.28. The molecule has 0 aliphatic rings. The van der Waals surface area contributed by atoms with E-state index in [0.29, 0.717) is 0 Å². The monoisotopic (exact) mass is 284 g/mol. The topological polar surface area (TPSA) is 29.5 Å². The van der Waals surface area contributed by atoms with Crippen LogP contribution in [0, 0.1) is 0 Å². The molecule has 2 aromatic rings. The van der Waals surface area contributed by atoms with Gasteiger partial charge in [0.1, 0.15) is 11.9 Å². The average Bonchev–Trinajstić information content (AvgIpc) is 2.54. The maximum atomic E-state index is 10.2. The number of hydrogen-bond acceptors (Lipinski definition) is 2. The van der Waals surface area contributed by atoms with Gasteiger partial charge in [-0.2, -0.15) is 0 Å². The van der Waals surface area contributed by atoms with Crippen LogP contribution in [0.5, 0.6) is 5.75 Å². The van der Waals surface area contributed by atoms with Crippen LogP contribution < -0.4 is 4.74 Å². The average molecular weight is 284 g/mol. The summed E-state index contributed by atoms with van der Waals surface area (Å²) in [5, 5.41) is 10.2. The molecule has 2 heteroatoms. The fourth-order valence-corrected chi connectivity index (χ4v) is 2.50. The van der Waals surface area contributed by atoms with Gasteiger partial charge in [-0.05, 0) is 24.5 Å². The van der Waals surface area contributed by atoms with Crippen molar-refractivity contribution in [3.8, 4) is 16.9 Å². The highest BCUT2D eigenvalue weighted by Crippen LogP contribution is 2.31. The lowest BCUT2D eigenvalue weighted by molar-refractivity contribution is 0.0288. The zero-order valence-corrected chi connectivity index (χ0v) is 12.8. The molecule has 0 bridgehead atoms. The molecule has 0 heterocycles. The first-order chi connectivity index (χ1) is 10.3. The highest BCUT2D eigenvalue weighted by atomic mass is 16.5. The largest absolute Gasteiger partial charge is 0.487 e. The number of aliphatic hydroxyl groups excluding tert-OH is 1. The van der Waals surface area contributed by atoms with Crippen molar-refractivity contribution in [1.82, 2.24) is 0 Å². The Hall–Kier alpha value is -1.80. The lowest BCUT2D eigenvalue weighted by Crippen LogP contribution is -2.31. The summed E-state index contributed by atoms with van der Waals surface area (Å²) in [5.74, 6) is 0.839. The van der Waals surface area contributed by atoms with Crippen LogP contribution in [-0.4, -0.2) is 17.3 Å². The molecule has 0 saturated carbocycles. The molecule has 2 nitrogen and oxygen atoms in total. The molecular formula is C19H24O2. The van der Waals surface area contributed by atoms with Gasteiger partial charge in [0.15, 0.2) is 0 Å². The number of benzene rings is 2. The molecule has 0 aliphatic carbocycles. The van der Waals surface area contributed by atoms with Crippen molar-refractivity contribution in [2.24, 2.45) is 0 Å². The maximum Gasteiger partial charge on any atom is 0.127 e. The van der Waals surface area contributed by atoms with Crippen molar-refractivity contribution in [3.05, 3.63) is 54.6 Å². The predicted octanol–water partition coefficient (Wildman–Crippen LogP) is 4.67. The van der Waals surface area contributed by atoms with Crippen LogP contribution in [0.4, 0.5) is 0 Å². The molecule has 2 atom stereocenters. The van der Waals surface area contributed by atoms with Crippen LogP contribution in [0.1, 0.15) is 33.1 Å². The van der Waals surface area contributed by atoms with E-state index in [2.05, 4.69) is 32.0 Å². The first-order valence-corrected chi connectivity index (χ1v) is 7.75. The van der Waals surface area contributed by atoms with Crippen LogP contribution in [-0.2, 0) is 0 Å². The normalized spacial score (nSPS) is 13.7. The molecule has 0 amide bonds. The molecule has 0 saturated heterocycles. The minimum Gasteiger partial charge on any atom is -0.487 e. The van der Waals surface area contributed by atoms with Gasteiger partial charge in [-0.25, -0.2) is 0 Å². The van der Waals surface area contributed by atoms with Crippen molar-refractivity contribution >= 4 is 0 Å². The summed E-state index contributed by atoms with van der Waals surface area (Å²) in [6.07, 6.45) is 1.95. The van der Waals surface area contributed by atoms with E-state index in [-0.39, 0.29) is 6.10 Å². The fourth-order valence-electron chi connectivity index (χ4n) is 2.50. The SMILES string of the molecule is CCCC(O)C(CC)Oc1ccccc1-c1ccccc1. The molecule has 0 fully saturated rings. The first kappa shape index (κ1) is 15.6. The Labute approximate surface area is 127 Å². The Bertz CT molecular complexity index is 536. The number of para-hydroxylation sites is 1. The lowest BCUT2D eigenvalue weighted by Gasteiger charge is -2.24. The van der Waals surface area contributed by atoms with E-state index in [4.69, 9.17) is 4.74 Å². The Morgan fingerprint density at radius 2 is 1.62 bits per heavy atom. The number of hydrogen-bond donors (Lipinski definition) is 1. The number of aliphatic hydroxyl groups is 1. The van der Waals surface area contributed by atoms with Gasteiger partial charge < -0.3 is 9.84 Å². The Morgan fingerprint density at radius 3 is 2.29 bits per heavy atom. The van der Waals surface area contributed by atoms with Crippen molar-refractivity contribution in [1.29, 1.82) is 0 Å². The van der Waals surface area contributed by atoms with Crippen molar-refractivity contribution in [2.75, 3.05) is 0 Å². The van der Waals surface area contributed by atoms with Crippen LogP contribution in [0.3, 0.4) is 0 Å². The van der Waals surface area contributed by atoms with Crippen LogP contribution in [0.2, 0.25) is 0 Å². The zero-order valence-electron chi connectivity index (χ0n) is 12.8. The minimum absolute atomic E-state index is 0.158. The van der Waals surface area contributed by atoms with Gasteiger partial charge in [-0.1, -0.05) is 68.8 Å². The molecule has 0 aromatic heterocycles. The van der Waals surface area contributed by atoms with Crippen LogP contribution in [0.25, 0.3) is 11.1 Å². The predicted molar refractivity (Wildman–Crippen MR) is 87.5 cm³/mol. The standard InChI is InChI=1S/C19H24O2/c1-3-10-17(20)18(4-2)21-19-14-9-8-13-16(19)15-11-6-5-7-12-15/h5-9,11-14,17-18,20H,3-4,10H2,1-2H3. The van der Waals surface area contributed by atoms with Crippen LogP contribution >= 0.6 is 0 Å². The summed E-state index contributed by atoms with van der Waals surface area (Å²) < 4.78 is 6.11. The minimum atomic E-state index is -0.413. The Balaban J connectivity index is 2.24. The van der Waals surface area contributed by atoms with E-state index in [1.54, 1.807) is 0 Å². The van der Waals surface area contributed by atoms with Crippen molar-refractivity contribution in [2.45, 2.75) is 45.3 Å². The molecule has 21 heavy (non-hydrogen) atoms. The van der Waals surface area contributed by atoms with Crippen LogP contribution in [0.15, 0.2) is 54.6 Å². The molecular weight excluding hydrogens is 260 g/mol. The fraction of sp³-hybridized carbons (Fsp3) is 0.368. The molecule has 112 valence electrons. The molecule has 0 aliphatic heterocycles.